The molecule has 0 spiro atoms. The van der Waals surface area contributed by atoms with Gasteiger partial charge in [-0.3, -0.25) is 4.79 Å². The van der Waals surface area contributed by atoms with Crippen LogP contribution in [0.2, 0.25) is 0 Å². The van der Waals surface area contributed by atoms with E-state index in [1.165, 1.54) is 0 Å². The van der Waals surface area contributed by atoms with Gasteiger partial charge >= 0.3 is 0 Å². The van der Waals surface area contributed by atoms with Crippen LogP contribution in [0.4, 0.5) is 0 Å². The number of aliphatic hydroxyl groups is 1. The van der Waals surface area contributed by atoms with Crippen LogP contribution in [-0.4, -0.2) is 30.9 Å². The van der Waals surface area contributed by atoms with E-state index in [1.54, 1.807) is 62.8 Å². The molecule has 0 unspecified atom stereocenters. The first kappa shape index (κ1) is 23.0. The predicted octanol–water partition coefficient (Wildman–Crippen LogP) is 4.26. The minimum absolute atomic E-state index is 0.396. The maximum atomic E-state index is 13.4. The van der Waals surface area contributed by atoms with Crippen LogP contribution in [0.3, 0.4) is 0 Å². The monoisotopic (exact) mass is 432 g/mol. The first-order valence-corrected chi connectivity index (χ1v) is 10.5. The van der Waals surface area contributed by atoms with Crippen molar-refractivity contribution in [2.24, 2.45) is 5.10 Å². The molecule has 0 aliphatic heterocycles. The van der Waals surface area contributed by atoms with Gasteiger partial charge in [-0.25, -0.2) is 5.43 Å². The second kappa shape index (κ2) is 10.6. The average molecular weight is 433 g/mol. The third kappa shape index (κ3) is 4.98. The Morgan fingerprint density at radius 1 is 0.875 bits per heavy atom. The summed E-state index contributed by atoms with van der Waals surface area (Å²) in [5, 5.41) is 16.1. The quantitative estimate of drug-likeness (QED) is 0.391. The van der Waals surface area contributed by atoms with E-state index in [4.69, 9.17) is 9.47 Å². The summed E-state index contributed by atoms with van der Waals surface area (Å²) in [5.74, 6) is 0.592. The SMILES string of the molecule is CCC/C(=N/NC(=O)C(O)(c1ccc(OC)cc1)c1ccc(OC)cc1)c1ccccc1. The van der Waals surface area contributed by atoms with Crippen molar-refractivity contribution in [1.29, 1.82) is 0 Å². The number of carbonyl (C=O) groups is 1. The summed E-state index contributed by atoms with van der Waals surface area (Å²) in [5.41, 5.74) is 3.09. The van der Waals surface area contributed by atoms with E-state index < -0.39 is 11.5 Å². The van der Waals surface area contributed by atoms with Crippen molar-refractivity contribution in [3.63, 3.8) is 0 Å². The number of amides is 1. The molecule has 3 aromatic carbocycles. The van der Waals surface area contributed by atoms with Gasteiger partial charge < -0.3 is 14.6 Å². The summed E-state index contributed by atoms with van der Waals surface area (Å²) < 4.78 is 10.4. The Hall–Kier alpha value is -3.64. The highest BCUT2D eigenvalue weighted by atomic mass is 16.5. The van der Waals surface area contributed by atoms with Crippen LogP contribution in [0.1, 0.15) is 36.5 Å². The number of hydrogen-bond acceptors (Lipinski definition) is 5. The van der Waals surface area contributed by atoms with Crippen LogP contribution in [-0.2, 0) is 10.4 Å². The standard InChI is InChI=1S/C26H28N2O4/c1-4-8-24(19-9-6-5-7-10-19)27-28-25(29)26(30,20-11-15-22(31-2)16-12-20)21-13-17-23(32-3)18-14-21/h5-7,9-18,30H,4,8H2,1-3H3,(H,28,29)/b27-24-. The van der Waals surface area contributed by atoms with Crippen molar-refractivity contribution in [1.82, 2.24) is 5.43 Å². The van der Waals surface area contributed by atoms with Gasteiger partial charge in [0.15, 0.2) is 5.60 Å². The van der Waals surface area contributed by atoms with Crippen LogP contribution in [0, 0.1) is 0 Å². The van der Waals surface area contributed by atoms with Crippen molar-refractivity contribution < 1.29 is 19.4 Å². The molecule has 0 radical (unpaired) electrons. The largest absolute Gasteiger partial charge is 0.497 e. The number of nitrogens with zero attached hydrogens (tertiary/aromatic N) is 1. The van der Waals surface area contributed by atoms with Crippen LogP contribution < -0.4 is 14.9 Å². The lowest BCUT2D eigenvalue weighted by molar-refractivity contribution is -0.136. The van der Waals surface area contributed by atoms with Crippen molar-refractivity contribution in [3.05, 3.63) is 95.6 Å². The lowest BCUT2D eigenvalue weighted by Gasteiger charge is -2.27. The molecule has 3 aromatic rings. The number of hydrazone groups is 1. The number of benzene rings is 3. The summed E-state index contributed by atoms with van der Waals surface area (Å²) in [6.45, 7) is 2.05. The molecule has 6 nitrogen and oxygen atoms in total. The zero-order chi connectivity index (χ0) is 23.0. The maximum absolute atomic E-state index is 13.4. The topological polar surface area (TPSA) is 80.2 Å². The second-order valence-electron chi connectivity index (χ2n) is 7.28. The molecule has 0 fully saturated rings. The van der Waals surface area contributed by atoms with Crippen LogP contribution >= 0.6 is 0 Å². The lowest BCUT2D eigenvalue weighted by Crippen LogP contribution is -2.44. The minimum Gasteiger partial charge on any atom is -0.497 e. The highest BCUT2D eigenvalue weighted by Crippen LogP contribution is 2.32. The zero-order valence-electron chi connectivity index (χ0n) is 18.5. The second-order valence-corrected chi connectivity index (χ2v) is 7.28. The van der Waals surface area contributed by atoms with Crippen molar-refractivity contribution in [3.8, 4) is 11.5 Å². The molecule has 0 bridgehead atoms. The fourth-order valence-electron chi connectivity index (χ4n) is 3.42. The molecular weight excluding hydrogens is 404 g/mol. The van der Waals surface area contributed by atoms with Crippen LogP contribution in [0.5, 0.6) is 11.5 Å². The Balaban J connectivity index is 2.00. The van der Waals surface area contributed by atoms with E-state index in [0.29, 0.717) is 29.0 Å². The Bertz CT molecular complexity index is 998. The normalized spacial score (nSPS) is 11.7. The number of nitrogens with one attached hydrogen (secondary N) is 1. The van der Waals surface area contributed by atoms with Crippen molar-refractivity contribution >= 4 is 11.6 Å². The molecule has 0 aromatic heterocycles. The van der Waals surface area contributed by atoms with Gasteiger partial charge in [0, 0.05) is 0 Å². The number of rotatable bonds is 9. The molecule has 6 heteroatoms. The molecule has 1 amide bonds. The number of carbonyl (C=O) groups excluding carboxylic acids is 1. The Kier molecular flexibility index (Phi) is 7.63. The summed E-state index contributed by atoms with van der Waals surface area (Å²) >= 11 is 0. The van der Waals surface area contributed by atoms with Gasteiger partial charge in [0.1, 0.15) is 11.5 Å². The highest BCUT2D eigenvalue weighted by molar-refractivity contribution is 6.01. The Labute approximate surface area is 188 Å². The molecule has 2 N–H and O–H groups in total. The van der Waals surface area contributed by atoms with E-state index in [2.05, 4.69) is 10.5 Å². The summed E-state index contributed by atoms with van der Waals surface area (Å²) in [6.07, 6.45) is 1.55. The predicted molar refractivity (Wildman–Crippen MR) is 125 cm³/mol. The smallest absolute Gasteiger partial charge is 0.281 e. The molecule has 0 aliphatic rings. The summed E-state index contributed by atoms with van der Waals surface area (Å²) in [4.78, 5) is 13.4. The van der Waals surface area contributed by atoms with Crippen molar-refractivity contribution in [2.45, 2.75) is 25.4 Å². The third-order valence-electron chi connectivity index (χ3n) is 5.23. The van der Waals surface area contributed by atoms with Crippen LogP contribution in [0.25, 0.3) is 0 Å². The molecular formula is C26H28N2O4. The van der Waals surface area contributed by atoms with Gasteiger partial charge in [0.2, 0.25) is 0 Å². The highest BCUT2D eigenvalue weighted by Gasteiger charge is 2.40. The van der Waals surface area contributed by atoms with E-state index in [1.807, 2.05) is 37.3 Å². The van der Waals surface area contributed by atoms with E-state index in [9.17, 15) is 9.90 Å². The summed E-state index contributed by atoms with van der Waals surface area (Å²) in [6, 6.07) is 23.1. The van der Waals surface area contributed by atoms with Gasteiger partial charge in [0.05, 0.1) is 19.9 Å². The number of hydrogen-bond donors (Lipinski definition) is 2. The summed E-state index contributed by atoms with van der Waals surface area (Å²) in [7, 11) is 3.12. The molecule has 0 aliphatic carbocycles. The maximum Gasteiger partial charge on any atom is 0.281 e. The number of methoxy groups -OCH3 is 2. The van der Waals surface area contributed by atoms with E-state index in [-0.39, 0.29) is 0 Å². The minimum atomic E-state index is -1.96. The average Bonchev–Trinajstić information content (AvgIpc) is 2.86. The fraction of sp³-hybridized carbons (Fsp3) is 0.231. The van der Waals surface area contributed by atoms with Gasteiger partial charge in [-0.15, -0.1) is 0 Å². The molecule has 0 atom stereocenters. The van der Waals surface area contributed by atoms with Crippen molar-refractivity contribution in [2.75, 3.05) is 14.2 Å². The first-order valence-electron chi connectivity index (χ1n) is 10.5. The molecule has 166 valence electrons. The molecule has 0 saturated heterocycles. The van der Waals surface area contributed by atoms with E-state index in [0.717, 1.165) is 17.7 Å². The molecule has 0 heterocycles. The van der Waals surface area contributed by atoms with E-state index >= 15 is 0 Å². The lowest BCUT2D eigenvalue weighted by atomic mass is 9.85. The molecule has 0 saturated carbocycles. The van der Waals surface area contributed by atoms with Crippen LogP contribution in [0.15, 0.2) is 84.0 Å². The Morgan fingerprint density at radius 3 is 1.81 bits per heavy atom. The molecule has 3 rings (SSSR count). The number of ether oxygens (including phenoxy) is 2. The Morgan fingerprint density at radius 2 is 1.38 bits per heavy atom. The van der Waals surface area contributed by atoms with Gasteiger partial charge in [-0.2, -0.15) is 5.10 Å². The van der Waals surface area contributed by atoms with Gasteiger partial charge in [-0.1, -0.05) is 67.9 Å². The van der Waals surface area contributed by atoms with Gasteiger partial charge in [-0.05, 0) is 47.4 Å². The van der Waals surface area contributed by atoms with Gasteiger partial charge in [0.25, 0.3) is 5.91 Å². The first-order chi connectivity index (χ1) is 15.5. The zero-order valence-corrected chi connectivity index (χ0v) is 18.5. The fourth-order valence-corrected chi connectivity index (χ4v) is 3.42. The molecule has 32 heavy (non-hydrogen) atoms. The third-order valence-corrected chi connectivity index (χ3v) is 5.23.